The van der Waals surface area contributed by atoms with Gasteiger partial charge in [-0.3, -0.25) is 9.59 Å². The van der Waals surface area contributed by atoms with E-state index in [1.807, 2.05) is 48.5 Å². The Morgan fingerprint density at radius 3 is 1.70 bits per heavy atom. The summed E-state index contributed by atoms with van der Waals surface area (Å²) in [5.41, 5.74) is 2.01. The minimum atomic E-state index is -0.116. The maximum Gasteiger partial charge on any atom is 0.220 e. The summed E-state index contributed by atoms with van der Waals surface area (Å²) in [4.78, 5) is 24.4. The van der Waals surface area contributed by atoms with Crippen LogP contribution in [0.4, 0.5) is 0 Å². The molecular formula is C21H22N2O4. The topological polar surface area (TPSA) is 76.7 Å². The smallest absolute Gasteiger partial charge is 0.220 e. The van der Waals surface area contributed by atoms with Crippen LogP contribution in [0.15, 0.2) is 48.5 Å². The highest BCUT2D eigenvalue weighted by molar-refractivity contribution is 5.79. The third-order valence-electron chi connectivity index (χ3n) is 4.88. The molecule has 0 aliphatic carbocycles. The van der Waals surface area contributed by atoms with Gasteiger partial charge >= 0.3 is 0 Å². The van der Waals surface area contributed by atoms with Crippen molar-refractivity contribution in [1.29, 1.82) is 0 Å². The van der Waals surface area contributed by atoms with Crippen molar-refractivity contribution in [3.05, 3.63) is 59.7 Å². The molecule has 2 amide bonds. The van der Waals surface area contributed by atoms with Crippen molar-refractivity contribution in [1.82, 2.24) is 10.6 Å². The second-order valence-corrected chi connectivity index (χ2v) is 6.79. The summed E-state index contributed by atoms with van der Waals surface area (Å²) in [6.07, 6.45) is 1.12. The predicted octanol–water partition coefficient (Wildman–Crippen LogP) is 2.66. The van der Waals surface area contributed by atoms with Gasteiger partial charge in [-0.15, -0.1) is 0 Å². The Kier molecular flexibility index (Phi) is 4.96. The van der Waals surface area contributed by atoms with Gasteiger partial charge in [0.1, 0.15) is 24.7 Å². The number of para-hydroxylation sites is 2. The summed E-state index contributed by atoms with van der Waals surface area (Å²) >= 11 is 0. The zero-order valence-corrected chi connectivity index (χ0v) is 14.9. The van der Waals surface area contributed by atoms with Gasteiger partial charge in [-0.25, -0.2) is 0 Å². The lowest BCUT2D eigenvalue weighted by atomic mass is 10.1. The maximum atomic E-state index is 12.2. The van der Waals surface area contributed by atoms with E-state index in [9.17, 15) is 9.59 Å². The highest BCUT2D eigenvalue weighted by Crippen LogP contribution is 2.32. The molecule has 0 radical (unpaired) electrons. The molecule has 0 spiro atoms. The van der Waals surface area contributed by atoms with Gasteiger partial charge in [0.15, 0.2) is 0 Å². The lowest BCUT2D eigenvalue weighted by Gasteiger charge is -2.13. The number of carbonyl (C=O) groups excluding carboxylic acids is 2. The van der Waals surface area contributed by atoms with E-state index in [1.54, 1.807) is 0 Å². The quantitative estimate of drug-likeness (QED) is 0.824. The fourth-order valence-electron chi connectivity index (χ4n) is 3.51. The van der Waals surface area contributed by atoms with Crippen LogP contribution in [0.3, 0.4) is 0 Å². The Bertz CT molecular complexity index is 782. The van der Waals surface area contributed by atoms with Crippen molar-refractivity contribution in [3.8, 4) is 11.5 Å². The minimum absolute atomic E-state index is 0.0670. The standard InChI is InChI=1S/C21H22N2O4/c24-20(22-16-12-26-18-8-3-1-6-14(16)18)10-5-11-21(25)23-17-13-27-19-9-4-2-7-15(17)19/h1-4,6-9,16-17H,5,10-13H2,(H,22,24)(H,23,25)/t16-,17-/m0/s1. The van der Waals surface area contributed by atoms with E-state index in [4.69, 9.17) is 9.47 Å². The average Bonchev–Trinajstić information content (AvgIpc) is 3.27. The molecule has 2 aliphatic heterocycles. The second kappa shape index (κ2) is 7.70. The van der Waals surface area contributed by atoms with E-state index >= 15 is 0 Å². The van der Waals surface area contributed by atoms with Crippen molar-refractivity contribution in [2.75, 3.05) is 13.2 Å². The van der Waals surface area contributed by atoms with Crippen LogP contribution in [0.2, 0.25) is 0 Å². The summed E-state index contributed by atoms with van der Waals surface area (Å²) in [7, 11) is 0. The van der Waals surface area contributed by atoms with E-state index in [0.717, 1.165) is 22.6 Å². The van der Waals surface area contributed by atoms with Crippen LogP contribution in [0.5, 0.6) is 11.5 Å². The summed E-state index contributed by atoms with van der Waals surface area (Å²) in [5.74, 6) is 1.51. The number of nitrogens with one attached hydrogen (secondary N) is 2. The largest absolute Gasteiger partial charge is 0.491 e. The van der Waals surface area contributed by atoms with Crippen LogP contribution >= 0.6 is 0 Å². The van der Waals surface area contributed by atoms with Gasteiger partial charge in [-0.2, -0.15) is 0 Å². The Hall–Kier alpha value is -3.02. The molecule has 0 fully saturated rings. The van der Waals surface area contributed by atoms with Crippen LogP contribution in [0.25, 0.3) is 0 Å². The van der Waals surface area contributed by atoms with Crippen LogP contribution in [0, 0.1) is 0 Å². The number of rotatable bonds is 6. The molecule has 2 aromatic rings. The van der Waals surface area contributed by atoms with Crippen molar-refractivity contribution < 1.29 is 19.1 Å². The summed E-state index contributed by atoms with van der Waals surface area (Å²) in [6.45, 7) is 0.902. The fraction of sp³-hybridized carbons (Fsp3) is 0.333. The normalized spacial score (nSPS) is 19.4. The summed E-state index contributed by atoms with van der Waals surface area (Å²) in [5, 5.41) is 5.96. The van der Waals surface area contributed by atoms with E-state index in [1.165, 1.54) is 0 Å². The van der Waals surface area contributed by atoms with E-state index in [0.29, 0.717) is 32.5 Å². The number of amides is 2. The molecule has 2 heterocycles. The minimum Gasteiger partial charge on any atom is -0.491 e. The number of ether oxygens (including phenoxy) is 2. The molecule has 6 heteroatoms. The fourth-order valence-corrected chi connectivity index (χ4v) is 3.51. The first-order valence-corrected chi connectivity index (χ1v) is 9.23. The highest BCUT2D eigenvalue weighted by Gasteiger charge is 2.26. The van der Waals surface area contributed by atoms with E-state index < -0.39 is 0 Å². The first kappa shape index (κ1) is 17.4. The molecule has 2 N–H and O–H groups in total. The Morgan fingerprint density at radius 2 is 1.22 bits per heavy atom. The van der Waals surface area contributed by atoms with Gasteiger partial charge in [0.25, 0.3) is 0 Å². The predicted molar refractivity (Wildman–Crippen MR) is 99.5 cm³/mol. The van der Waals surface area contributed by atoms with Crippen molar-refractivity contribution >= 4 is 11.8 Å². The van der Waals surface area contributed by atoms with Crippen molar-refractivity contribution in [2.24, 2.45) is 0 Å². The van der Waals surface area contributed by atoms with Gasteiger partial charge < -0.3 is 20.1 Å². The van der Waals surface area contributed by atoms with Crippen LogP contribution in [-0.4, -0.2) is 25.0 Å². The zero-order chi connectivity index (χ0) is 18.6. The third kappa shape index (κ3) is 3.89. The first-order valence-electron chi connectivity index (χ1n) is 9.23. The number of benzene rings is 2. The van der Waals surface area contributed by atoms with Gasteiger partial charge in [0.05, 0.1) is 12.1 Å². The SMILES string of the molecule is O=C(CCCC(=O)N[C@H]1COc2ccccc21)N[C@H]1COc2ccccc21. The third-order valence-corrected chi connectivity index (χ3v) is 4.88. The molecule has 2 aliphatic rings. The molecule has 4 rings (SSSR count). The van der Waals surface area contributed by atoms with Gasteiger partial charge in [0.2, 0.25) is 11.8 Å². The Morgan fingerprint density at radius 1 is 0.778 bits per heavy atom. The lowest BCUT2D eigenvalue weighted by molar-refractivity contribution is -0.123. The van der Waals surface area contributed by atoms with Crippen LogP contribution in [-0.2, 0) is 9.59 Å². The molecule has 6 nitrogen and oxygen atoms in total. The number of hydrogen-bond acceptors (Lipinski definition) is 4. The molecule has 140 valence electrons. The monoisotopic (exact) mass is 366 g/mol. The maximum absolute atomic E-state index is 12.2. The zero-order valence-electron chi connectivity index (χ0n) is 14.9. The Labute approximate surface area is 157 Å². The van der Waals surface area contributed by atoms with Crippen molar-refractivity contribution in [2.45, 2.75) is 31.3 Å². The van der Waals surface area contributed by atoms with Crippen LogP contribution in [0.1, 0.15) is 42.5 Å². The second-order valence-electron chi connectivity index (χ2n) is 6.79. The van der Waals surface area contributed by atoms with E-state index in [2.05, 4.69) is 10.6 Å². The molecule has 0 unspecified atom stereocenters. The first-order chi connectivity index (χ1) is 13.2. The molecular weight excluding hydrogens is 344 g/mol. The number of carbonyl (C=O) groups is 2. The molecule has 2 atom stereocenters. The molecule has 0 aromatic heterocycles. The van der Waals surface area contributed by atoms with Crippen molar-refractivity contribution in [3.63, 3.8) is 0 Å². The van der Waals surface area contributed by atoms with Gasteiger partial charge in [-0.05, 0) is 18.6 Å². The summed E-state index contributed by atoms with van der Waals surface area (Å²) in [6, 6.07) is 15.2. The molecule has 0 saturated heterocycles. The molecule has 0 bridgehead atoms. The number of fused-ring (bicyclic) bond motifs is 2. The summed E-state index contributed by atoms with van der Waals surface area (Å²) < 4.78 is 11.1. The highest BCUT2D eigenvalue weighted by atomic mass is 16.5. The van der Waals surface area contributed by atoms with Gasteiger partial charge in [-0.1, -0.05) is 36.4 Å². The van der Waals surface area contributed by atoms with Gasteiger partial charge in [0, 0.05) is 24.0 Å². The van der Waals surface area contributed by atoms with Crippen LogP contribution < -0.4 is 20.1 Å². The average molecular weight is 366 g/mol. The number of hydrogen-bond donors (Lipinski definition) is 2. The van der Waals surface area contributed by atoms with E-state index in [-0.39, 0.29) is 23.9 Å². The Balaban J connectivity index is 1.20. The molecule has 2 aromatic carbocycles. The molecule has 0 saturated carbocycles. The molecule has 27 heavy (non-hydrogen) atoms. The lowest BCUT2D eigenvalue weighted by Crippen LogP contribution is -2.31.